The number of piperidine rings is 1. The van der Waals surface area contributed by atoms with E-state index in [1.54, 1.807) is 0 Å². The molecule has 20 heavy (non-hydrogen) atoms. The van der Waals surface area contributed by atoms with Gasteiger partial charge in [-0.1, -0.05) is 15.9 Å². The Morgan fingerprint density at radius 1 is 1.50 bits per heavy atom. The zero-order valence-corrected chi connectivity index (χ0v) is 12.7. The number of aliphatic hydroxyl groups is 1. The molecule has 1 saturated heterocycles. The van der Waals surface area contributed by atoms with Gasteiger partial charge in [-0.2, -0.15) is 0 Å². The van der Waals surface area contributed by atoms with E-state index in [0.717, 1.165) is 34.3 Å². The average Bonchev–Trinajstić information content (AvgIpc) is 2.80. The monoisotopic (exact) mass is 341 g/mol. The van der Waals surface area contributed by atoms with Gasteiger partial charge in [0.2, 0.25) is 0 Å². The van der Waals surface area contributed by atoms with Gasteiger partial charge < -0.3 is 10.1 Å². The topological polar surface area (TPSA) is 52.1 Å². The summed E-state index contributed by atoms with van der Waals surface area (Å²) in [5.41, 5.74) is 0.418. The standard InChI is InChI=1S/C14H17BrFN3O/c15-10-2-3-11-12(6-10)18-13(17-11)7-19-5-1-4-14(16,8-19)9-20/h2-3,6,20H,1,4-5,7-9H2,(H,17,18). The van der Waals surface area contributed by atoms with Gasteiger partial charge >= 0.3 is 0 Å². The highest BCUT2D eigenvalue weighted by Crippen LogP contribution is 2.26. The van der Waals surface area contributed by atoms with Crippen LogP contribution in [0.5, 0.6) is 0 Å². The highest BCUT2D eigenvalue weighted by Gasteiger charge is 2.34. The molecule has 3 rings (SSSR count). The van der Waals surface area contributed by atoms with E-state index in [4.69, 9.17) is 5.11 Å². The molecule has 2 heterocycles. The number of rotatable bonds is 3. The third-order valence-electron chi connectivity index (χ3n) is 3.76. The Morgan fingerprint density at radius 3 is 3.15 bits per heavy atom. The second kappa shape index (κ2) is 5.42. The van der Waals surface area contributed by atoms with E-state index < -0.39 is 12.3 Å². The lowest BCUT2D eigenvalue weighted by molar-refractivity contribution is -0.00450. The minimum atomic E-state index is -1.46. The van der Waals surface area contributed by atoms with Crippen molar-refractivity contribution in [1.29, 1.82) is 0 Å². The van der Waals surface area contributed by atoms with Gasteiger partial charge in [0.15, 0.2) is 0 Å². The summed E-state index contributed by atoms with van der Waals surface area (Å²) in [7, 11) is 0. The minimum absolute atomic E-state index is 0.268. The molecule has 2 aromatic rings. The van der Waals surface area contributed by atoms with Crippen LogP contribution in [0.15, 0.2) is 22.7 Å². The number of hydrogen-bond acceptors (Lipinski definition) is 3. The number of imidazole rings is 1. The number of benzene rings is 1. The van der Waals surface area contributed by atoms with Crippen LogP contribution in [-0.2, 0) is 6.54 Å². The number of hydrogen-bond donors (Lipinski definition) is 2. The molecule has 0 radical (unpaired) electrons. The summed E-state index contributed by atoms with van der Waals surface area (Å²) in [6.45, 7) is 1.28. The number of aromatic amines is 1. The van der Waals surface area contributed by atoms with Crippen molar-refractivity contribution in [3.8, 4) is 0 Å². The van der Waals surface area contributed by atoms with Crippen molar-refractivity contribution in [2.24, 2.45) is 0 Å². The predicted octanol–water partition coefficient (Wildman–Crippen LogP) is 2.62. The van der Waals surface area contributed by atoms with E-state index >= 15 is 0 Å². The summed E-state index contributed by atoms with van der Waals surface area (Å²) in [5.74, 6) is 0.834. The third kappa shape index (κ3) is 2.87. The van der Waals surface area contributed by atoms with Crippen molar-refractivity contribution < 1.29 is 9.50 Å². The van der Waals surface area contributed by atoms with E-state index in [0.29, 0.717) is 13.0 Å². The van der Waals surface area contributed by atoms with E-state index in [1.807, 2.05) is 23.1 Å². The van der Waals surface area contributed by atoms with Crippen LogP contribution in [0.3, 0.4) is 0 Å². The number of nitrogens with zero attached hydrogens (tertiary/aromatic N) is 2. The summed E-state index contributed by atoms with van der Waals surface area (Å²) in [5, 5.41) is 9.15. The summed E-state index contributed by atoms with van der Waals surface area (Å²) in [6.07, 6.45) is 1.20. The average molecular weight is 342 g/mol. The molecule has 1 aromatic heterocycles. The second-order valence-corrected chi connectivity index (χ2v) is 6.38. The quantitative estimate of drug-likeness (QED) is 0.902. The van der Waals surface area contributed by atoms with Gasteiger partial charge in [0.1, 0.15) is 11.5 Å². The highest BCUT2D eigenvalue weighted by atomic mass is 79.9. The summed E-state index contributed by atoms with van der Waals surface area (Å²) < 4.78 is 15.2. The van der Waals surface area contributed by atoms with E-state index in [9.17, 15) is 4.39 Å². The van der Waals surface area contributed by atoms with E-state index in [2.05, 4.69) is 25.9 Å². The third-order valence-corrected chi connectivity index (χ3v) is 4.25. The smallest absolute Gasteiger partial charge is 0.146 e. The fourth-order valence-electron chi connectivity index (χ4n) is 2.76. The summed E-state index contributed by atoms with van der Waals surface area (Å²) >= 11 is 3.43. The fourth-order valence-corrected chi connectivity index (χ4v) is 3.12. The highest BCUT2D eigenvalue weighted by molar-refractivity contribution is 9.10. The largest absolute Gasteiger partial charge is 0.393 e. The molecule has 1 atom stereocenters. The normalized spacial score (nSPS) is 24.4. The van der Waals surface area contributed by atoms with Crippen LogP contribution in [0.1, 0.15) is 18.7 Å². The summed E-state index contributed by atoms with van der Waals surface area (Å²) in [4.78, 5) is 9.79. The maximum absolute atomic E-state index is 14.2. The molecule has 4 nitrogen and oxygen atoms in total. The van der Waals surface area contributed by atoms with Gasteiger partial charge in [-0.3, -0.25) is 4.90 Å². The lowest BCUT2D eigenvalue weighted by atomic mass is 9.96. The molecule has 1 aliphatic heterocycles. The summed E-state index contributed by atoms with van der Waals surface area (Å²) in [6, 6.07) is 5.88. The maximum Gasteiger partial charge on any atom is 0.146 e. The Balaban J connectivity index is 1.75. The molecule has 0 aliphatic carbocycles. The van der Waals surface area contributed by atoms with Crippen molar-refractivity contribution in [3.63, 3.8) is 0 Å². The number of fused-ring (bicyclic) bond motifs is 1. The van der Waals surface area contributed by atoms with Crippen molar-refractivity contribution in [2.75, 3.05) is 19.7 Å². The SMILES string of the molecule is OCC1(F)CCCN(Cc2nc3ccc(Br)cc3[nH]2)C1. The molecule has 6 heteroatoms. The van der Waals surface area contributed by atoms with Crippen LogP contribution in [0, 0.1) is 0 Å². The van der Waals surface area contributed by atoms with Gasteiger partial charge in [0.25, 0.3) is 0 Å². The molecule has 1 unspecified atom stereocenters. The molecule has 108 valence electrons. The van der Waals surface area contributed by atoms with E-state index in [1.165, 1.54) is 0 Å². The molecule has 1 aliphatic rings. The maximum atomic E-state index is 14.2. The number of likely N-dealkylation sites (tertiary alicyclic amines) is 1. The van der Waals surface area contributed by atoms with Crippen molar-refractivity contribution >= 4 is 27.0 Å². The molecular formula is C14H17BrFN3O. The van der Waals surface area contributed by atoms with Crippen LogP contribution in [0.25, 0.3) is 11.0 Å². The number of halogens is 2. The molecule has 2 N–H and O–H groups in total. The minimum Gasteiger partial charge on any atom is -0.393 e. The van der Waals surface area contributed by atoms with Gasteiger partial charge in [0.05, 0.1) is 24.2 Å². The molecule has 1 fully saturated rings. The number of nitrogens with one attached hydrogen (secondary N) is 1. The molecular weight excluding hydrogens is 325 g/mol. The molecule has 0 saturated carbocycles. The first-order chi connectivity index (χ1) is 9.58. The van der Waals surface area contributed by atoms with Crippen molar-refractivity contribution in [2.45, 2.75) is 25.1 Å². The Morgan fingerprint density at radius 2 is 2.35 bits per heavy atom. The Bertz CT molecular complexity index is 617. The van der Waals surface area contributed by atoms with Crippen LogP contribution >= 0.6 is 15.9 Å². The lowest BCUT2D eigenvalue weighted by Crippen LogP contribution is -2.47. The number of H-pyrrole nitrogens is 1. The van der Waals surface area contributed by atoms with Crippen LogP contribution in [-0.4, -0.2) is 45.3 Å². The molecule has 0 amide bonds. The van der Waals surface area contributed by atoms with Crippen LogP contribution in [0.4, 0.5) is 4.39 Å². The first-order valence-corrected chi connectivity index (χ1v) is 7.54. The van der Waals surface area contributed by atoms with Crippen LogP contribution in [0.2, 0.25) is 0 Å². The number of aliphatic hydroxyl groups excluding tert-OH is 1. The first-order valence-electron chi connectivity index (χ1n) is 6.74. The van der Waals surface area contributed by atoms with Gasteiger partial charge in [-0.25, -0.2) is 9.37 Å². The number of aromatic nitrogens is 2. The Hall–Kier alpha value is -0.980. The van der Waals surface area contributed by atoms with Gasteiger partial charge in [0, 0.05) is 11.0 Å². The number of alkyl halides is 1. The predicted molar refractivity (Wildman–Crippen MR) is 79.2 cm³/mol. The lowest BCUT2D eigenvalue weighted by Gasteiger charge is -2.35. The molecule has 1 aromatic carbocycles. The molecule has 0 spiro atoms. The Kier molecular flexibility index (Phi) is 3.79. The van der Waals surface area contributed by atoms with Gasteiger partial charge in [-0.05, 0) is 37.6 Å². The van der Waals surface area contributed by atoms with Crippen molar-refractivity contribution in [1.82, 2.24) is 14.9 Å². The van der Waals surface area contributed by atoms with Gasteiger partial charge in [-0.15, -0.1) is 0 Å². The first kappa shape index (κ1) is 14.0. The van der Waals surface area contributed by atoms with Crippen LogP contribution < -0.4 is 0 Å². The molecule has 0 bridgehead atoms. The zero-order valence-electron chi connectivity index (χ0n) is 11.1. The fraction of sp³-hybridized carbons (Fsp3) is 0.500. The van der Waals surface area contributed by atoms with E-state index in [-0.39, 0.29) is 6.54 Å². The zero-order chi connectivity index (χ0) is 14.2. The Labute approximate surface area is 125 Å². The van der Waals surface area contributed by atoms with Crippen molar-refractivity contribution in [3.05, 3.63) is 28.5 Å². The second-order valence-electron chi connectivity index (χ2n) is 5.47.